The highest BCUT2D eigenvalue weighted by Gasteiger charge is 2.43. The normalized spacial score (nSPS) is 37.6. The Labute approximate surface area is 67.8 Å². The number of aliphatic hydroxyl groups excluding tert-OH is 3. The summed E-state index contributed by atoms with van der Waals surface area (Å²) in [5.74, 6) is -0.784. The zero-order valence-corrected chi connectivity index (χ0v) is 6.04. The number of carbonyl (C=O) groups excluding carboxylic acids is 2. The average Bonchev–Trinajstić information content (AvgIpc) is 2.32. The maximum atomic E-state index is 10.7. The van der Waals surface area contributed by atoms with E-state index < -0.39 is 30.3 Å². The Balaban J connectivity index is 2.70. The van der Waals surface area contributed by atoms with E-state index in [0.29, 0.717) is 0 Å². The molecule has 0 aromatic carbocycles. The summed E-state index contributed by atoms with van der Waals surface area (Å²) in [6.07, 6.45) is -4.30. The second-order valence-electron chi connectivity index (χ2n) is 2.60. The van der Waals surface area contributed by atoms with Crippen molar-refractivity contribution < 1.29 is 24.9 Å². The Morgan fingerprint density at radius 3 is 2.42 bits per heavy atom. The molecule has 68 valence electrons. The summed E-state index contributed by atoms with van der Waals surface area (Å²) in [5.41, 5.74) is 0. The van der Waals surface area contributed by atoms with E-state index in [1.54, 1.807) is 0 Å². The lowest BCUT2D eigenvalue weighted by molar-refractivity contribution is -0.128. The van der Waals surface area contributed by atoms with E-state index >= 15 is 0 Å². The van der Waals surface area contributed by atoms with Gasteiger partial charge in [-0.3, -0.25) is 4.79 Å². The summed E-state index contributed by atoms with van der Waals surface area (Å²) >= 11 is 0. The summed E-state index contributed by atoms with van der Waals surface area (Å²) in [6, 6.07) is -1.11. The highest BCUT2D eigenvalue weighted by molar-refractivity contribution is 5.85. The molecule has 1 rings (SSSR count). The molecule has 0 saturated carbocycles. The van der Waals surface area contributed by atoms with E-state index in [4.69, 9.17) is 15.3 Å². The lowest BCUT2D eigenvalue weighted by atomic mass is 10.1. The highest BCUT2D eigenvalue weighted by atomic mass is 16.3. The third kappa shape index (κ3) is 1.31. The van der Waals surface area contributed by atoms with Crippen molar-refractivity contribution in [2.45, 2.75) is 24.4 Å². The Hall–Kier alpha value is -0.980. The van der Waals surface area contributed by atoms with E-state index in [1.165, 1.54) is 0 Å². The van der Waals surface area contributed by atoms with Crippen molar-refractivity contribution in [1.82, 2.24) is 5.32 Å². The van der Waals surface area contributed by atoms with Crippen molar-refractivity contribution in [2.24, 2.45) is 0 Å². The van der Waals surface area contributed by atoms with Crippen LogP contribution in [-0.4, -0.2) is 51.9 Å². The van der Waals surface area contributed by atoms with Gasteiger partial charge in [0.15, 0.2) is 12.4 Å². The first-order valence-electron chi connectivity index (χ1n) is 3.38. The lowest BCUT2D eigenvalue weighted by Gasteiger charge is -2.16. The van der Waals surface area contributed by atoms with Gasteiger partial charge >= 0.3 is 0 Å². The van der Waals surface area contributed by atoms with Gasteiger partial charge in [-0.15, -0.1) is 0 Å². The standard InChI is InChI=1S/C6H9NO5/c8-1-2(9)3-4(10)5(11)6(12)7-3/h1-5,9-11H,(H,7,12)/t2-,3+,4-,5-/m0/s1. The van der Waals surface area contributed by atoms with Crippen molar-refractivity contribution >= 4 is 12.2 Å². The first-order chi connectivity index (χ1) is 5.57. The van der Waals surface area contributed by atoms with E-state index in [9.17, 15) is 9.59 Å². The molecule has 0 aromatic heterocycles. The molecule has 1 heterocycles. The van der Waals surface area contributed by atoms with Gasteiger partial charge in [0.05, 0.1) is 6.04 Å². The van der Waals surface area contributed by atoms with Crippen molar-refractivity contribution in [3.05, 3.63) is 0 Å². The zero-order chi connectivity index (χ0) is 9.30. The third-order valence-electron chi connectivity index (χ3n) is 1.78. The number of amides is 1. The molecule has 0 bridgehead atoms. The minimum Gasteiger partial charge on any atom is -0.388 e. The van der Waals surface area contributed by atoms with Crippen LogP contribution in [0.1, 0.15) is 0 Å². The van der Waals surface area contributed by atoms with Crippen molar-refractivity contribution in [1.29, 1.82) is 0 Å². The SMILES string of the molecule is O=C[C@H](O)[C@H]1NC(=O)[C@@H](O)[C@H]1O. The van der Waals surface area contributed by atoms with Crippen molar-refractivity contribution in [2.75, 3.05) is 0 Å². The Bertz CT molecular complexity index is 206. The number of carbonyl (C=O) groups is 2. The number of nitrogens with one attached hydrogen (secondary N) is 1. The molecule has 6 heteroatoms. The number of rotatable bonds is 2. The van der Waals surface area contributed by atoms with Crippen LogP contribution in [0.2, 0.25) is 0 Å². The Kier molecular flexibility index (Phi) is 2.41. The molecule has 1 amide bonds. The largest absolute Gasteiger partial charge is 0.388 e. The van der Waals surface area contributed by atoms with Crippen LogP contribution in [0.15, 0.2) is 0 Å². The molecule has 4 N–H and O–H groups in total. The van der Waals surface area contributed by atoms with Gasteiger partial charge in [-0.1, -0.05) is 0 Å². The van der Waals surface area contributed by atoms with Gasteiger partial charge in [0.1, 0.15) is 12.2 Å². The van der Waals surface area contributed by atoms with Crippen LogP contribution < -0.4 is 5.32 Å². The molecule has 4 atom stereocenters. The predicted octanol–water partition coefficient (Wildman–Crippen LogP) is -3.23. The highest BCUT2D eigenvalue weighted by Crippen LogP contribution is 2.11. The minimum absolute atomic E-state index is 0.187. The quantitative estimate of drug-likeness (QED) is 0.330. The Morgan fingerprint density at radius 1 is 1.50 bits per heavy atom. The number of aldehydes is 1. The molecule has 0 aliphatic carbocycles. The predicted molar refractivity (Wildman–Crippen MR) is 36.0 cm³/mol. The van der Waals surface area contributed by atoms with Crippen LogP contribution in [0.5, 0.6) is 0 Å². The lowest BCUT2D eigenvalue weighted by Crippen LogP contribution is -2.44. The molecular weight excluding hydrogens is 166 g/mol. The van der Waals surface area contributed by atoms with E-state index in [0.717, 1.165) is 0 Å². The van der Waals surface area contributed by atoms with Crippen LogP contribution in [0, 0.1) is 0 Å². The summed E-state index contributed by atoms with van der Waals surface area (Å²) < 4.78 is 0. The van der Waals surface area contributed by atoms with Gasteiger partial charge in [-0.25, -0.2) is 0 Å². The molecule has 0 spiro atoms. The topological polar surface area (TPSA) is 107 Å². The van der Waals surface area contributed by atoms with Gasteiger partial charge in [-0.2, -0.15) is 0 Å². The second kappa shape index (κ2) is 3.18. The molecule has 1 aliphatic rings. The van der Waals surface area contributed by atoms with Crippen molar-refractivity contribution in [3.8, 4) is 0 Å². The van der Waals surface area contributed by atoms with Crippen molar-refractivity contribution in [3.63, 3.8) is 0 Å². The molecule has 1 aliphatic heterocycles. The summed E-state index contributed by atoms with van der Waals surface area (Å²) in [5, 5.41) is 29.0. The van der Waals surface area contributed by atoms with Gasteiger partial charge < -0.3 is 25.4 Å². The van der Waals surface area contributed by atoms with Gasteiger partial charge in [-0.05, 0) is 0 Å². The van der Waals surface area contributed by atoms with E-state index in [2.05, 4.69) is 5.32 Å². The maximum Gasteiger partial charge on any atom is 0.252 e. The van der Waals surface area contributed by atoms with Gasteiger partial charge in [0.25, 0.3) is 5.91 Å². The number of aliphatic hydroxyl groups is 3. The van der Waals surface area contributed by atoms with Gasteiger partial charge in [0, 0.05) is 0 Å². The fraction of sp³-hybridized carbons (Fsp3) is 0.667. The summed E-state index contributed by atoms with van der Waals surface area (Å²) in [7, 11) is 0. The molecule has 0 unspecified atom stereocenters. The van der Waals surface area contributed by atoms with Gasteiger partial charge in [0.2, 0.25) is 0 Å². The monoisotopic (exact) mass is 175 g/mol. The van der Waals surface area contributed by atoms with E-state index in [1.807, 2.05) is 0 Å². The van der Waals surface area contributed by atoms with Crippen LogP contribution in [0.3, 0.4) is 0 Å². The molecule has 0 aromatic rings. The molecule has 1 fully saturated rings. The van der Waals surface area contributed by atoms with Crippen LogP contribution in [0.25, 0.3) is 0 Å². The van der Waals surface area contributed by atoms with Crippen LogP contribution >= 0.6 is 0 Å². The molecular formula is C6H9NO5. The molecule has 12 heavy (non-hydrogen) atoms. The first kappa shape index (κ1) is 9.11. The number of hydrogen-bond donors (Lipinski definition) is 4. The average molecular weight is 175 g/mol. The third-order valence-corrected chi connectivity index (χ3v) is 1.78. The fourth-order valence-corrected chi connectivity index (χ4v) is 1.06. The molecule has 0 radical (unpaired) electrons. The second-order valence-corrected chi connectivity index (χ2v) is 2.60. The Morgan fingerprint density at radius 2 is 2.08 bits per heavy atom. The first-order valence-corrected chi connectivity index (χ1v) is 3.38. The molecule has 1 saturated heterocycles. The smallest absolute Gasteiger partial charge is 0.252 e. The van der Waals surface area contributed by atoms with Crippen LogP contribution in [0.4, 0.5) is 0 Å². The number of hydrogen-bond acceptors (Lipinski definition) is 5. The van der Waals surface area contributed by atoms with E-state index in [-0.39, 0.29) is 6.29 Å². The summed E-state index contributed by atoms with van der Waals surface area (Å²) in [6.45, 7) is 0. The summed E-state index contributed by atoms with van der Waals surface area (Å²) in [4.78, 5) is 20.7. The van der Waals surface area contributed by atoms with Crippen LogP contribution in [-0.2, 0) is 9.59 Å². The molecule has 6 nitrogen and oxygen atoms in total. The maximum absolute atomic E-state index is 10.7. The minimum atomic E-state index is -1.57. The fourth-order valence-electron chi connectivity index (χ4n) is 1.06. The zero-order valence-electron chi connectivity index (χ0n) is 6.04.